The van der Waals surface area contributed by atoms with Crippen molar-refractivity contribution in [2.24, 2.45) is 0 Å². The molecule has 4 nitrogen and oxygen atoms in total. The largest absolute Gasteiger partial charge is 0.417 e. The minimum Gasteiger partial charge on any atom is -0.391 e. The summed E-state index contributed by atoms with van der Waals surface area (Å²) in [6, 6.07) is 14.1. The lowest BCUT2D eigenvalue weighted by molar-refractivity contribution is 0.133. The van der Waals surface area contributed by atoms with E-state index in [-0.39, 0.29) is 5.82 Å². The summed E-state index contributed by atoms with van der Waals surface area (Å²) in [7, 11) is 0. The molecule has 1 amide bonds. The molecule has 0 atom stereocenters. The summed E-state index contributed by atoms with van der Waals surface area (Å²) in [5, 5.41) is 1.02. The number of fused-ring (bicyclic) bond motifs is 2. The number of rotatable bonds is 2. The van der Waals surface area contributed by atoms with Gasteiger partial charge in [-0.2, -0.15) is 0 Å². The van der Waals surface area contributed by atoms with Crippen LogP contribution in [-0.4, -0.2) is 16.0 Å². The van der Waals surface area contributed by atoms with Crippen molar-refractivity contribution in [3.63, 3.8) is 0 Å². The number of ether oxygens (including phenoxy) is 1. The summed E-state index contributed by atoms with van der Waals surface area (Å²) < 4.78 is 18.4. The highest BCUT2D eigenvalue weighted by Crippen LogP contribution is 2.29. The molecule has 4 rings (SSSR count). The number of halogens is 1. The fourth-order valence-electron chi connectivity index (χ4n) is 2.87. The Kier molecular flexibility index (Phi) is 3.41. The molecule has 0 spiro atoms. The van der Waals surface area contributed by atoms with Gasteiger partial charge in [0.15, 0.2) is 0 Å². The standard InChI is InChI=1S/C19H15FN2O2/c1-12-2-7-17-14(8-12)9-15-11-22(19(23)24-18(15)21-17)10-13-3-5-16(20)6-4-13/h2-9H,10-11H2,1H3. The van der Waals surface area contributed by atoms with Crippen LogP contribution in [0.15, 0.2) is 48.5 Å². The average Bonchev–Trinajstić information content (AvgIpc) is 2.56. The SMILES string of the molecule is Cc1ccc2nc3c(cc2c1)CN(Cc1ccc(F)cc1)C(=O)O3. The lowest BCUT2D eigenvalue weighted by Crippen LogP contribution is -2.36. The Labute approximate surface area is 138 Å². The minimum atomic E-state index is -0.439. The number of carbonyl (C=O) groups excluding carboxylic acids is 1. The molecule has 5 heteroatoms. The van der Waals surface area contributed by atoms with E-state index >= 15 is 0 Å². The number of carbonyl (C=O) groups is 1. The van der Waals surface area contributed by atoms with Crippen LogP contribution >= 0.6 is 0 Å². The summed E-state index contributed by atoms with van der Waals surface area (Å²) in [5.41, 5.74) is 3.68. The molecule has 0 saturated heterocycles. The highest BCUT2D eigenvalue weighted by molar-refractivity contribution is 5.82. The second kappa shape index (κ2) is 5.60. The molecule has 1 aromatic heterocycles. The number of aryl methyl sites for hydroxylation is 1. The summed E-state index contributed by atoms with van der Waals surface area (Å²) in [5.74, 6) is 0.0723. The molecule has 0 fully saturated rings. The third kappa shape index (κ3) is 2.69. The Morgan fingerprint density at radius 2 is 1.96 bits per heavy atom. The van der Waals surface area contributed by atoms with E-state index in [0.29, 0.717) is 19.0 Å². The van der Waals surface area contributed by atoms with Crippen LogP contribution < -0.4 is 4.74 Å². The Hall–Kier alpha value is -2.95. The second-order valence-corrected chi connectivity index (χ2v) is 6.00. The number of benzene rings is 2. The first-order chi connectivity index (χ1) is 11.6. The maximum atomic E-state index is 13.0. The van der Waals surface area contributed by atoms with Crippen LogP contribution in [0.2, 0.25) is 0 Å². The zero-order chi connectivity index (χ0) is 16.7. The van der Waals surface area contributed by atoms with Gasteiger partial charge in [0.1, 0.15) is 5.82 Å². The number of hydrogen-bond donors (Lipinski definition) is 0. The number of pyridine rings is 1. The van der Waals surface area contributed by atoms with Crippen LogP contribution in [0.3, 0.4) is 0 Å². The lowest BCUT2D eigenvalue weighted by atomic mass is 10.1. The minimum absolute atomic E-state index is 0.295. The Morgan fingerprint density at radius 1 is 1.17 bits per heavy atom. The fraction of sp³-hybridized carbons (Fsp3) is 0.158. The first-order valence-corrected chi connectivity index (χ1v) is 7.70. The van der Waals surface area contributed by atoms with Gasteiger partial charge in [-0.05, 0) is 42.8 Å². The van der Waals surface area contributed by atoms with Crippen molar-refractivity contribution in [3.05, 3.63) is 71.0 Å². The molecule has 2 aromatic carbocycles. The van der Waals surface area contributed by atoms with Crippen LogP contribution in [0.25, 0.3) is 10.9 Å². The van der Waals surface area contributed by atoms with E-state index < -0.39 is 6.09 Å². The van der Waals surface area contributed by atoms with Crippen molar-refractivity contribution >= 4 is 17.0 Å². The predicted molar refractivity (Wildman–Crippen MR) is 88.2 cm³/mol. The third-order valence-electron chi connectivity index (χ3n) is 4.10. The van der Waals surface area contributed by atoms with E-state index in [0.717, 1.165) is 27.6 Å². The van der Waals surface area contributed by atoms with E-state index in [1.807, 2.05) is 25.1 Å². The summed E-state index contributed by atoms with van der Waals surface area (Å²) >= 11 is 0. The van der Waals surface area contributed by atoms with E-state index in [4.69, 9.17) is 4.74 Å². The first-order valence-electron chi connectivity index (χ1n) is 7.70. The van der Waals surface area contributed by atoms with Crippen molar-refractivity contribution in [2.75, 3.05) is 0 Å². The van der Waals surface area contributed by atoms with Crippen molar-refractivity contribution in [2.45, 2.75) is 20.0 Å². The van der Waals surface area contributed by atoms with Crippen LogP contribution in [0.1, 0.15) is 16.7 Å². The molecule has 2 heterocycles. The molecule has 120 valence electrons. The zero-order valence-electron chi connectivity index (χ0n) is 13.1. The van der Waals surface area contributed by atoms with E-state index in [1.165, 1.54) is 12.1 Å². The quantitative estimate of drug-likeness (QED) is 0.710. The molecule has 0 radical (unpaired) electrons. The smallest absolute Gasteiger partial charge is 0.391 e. The van der Waals surface area contributed by atoms with Gasteiger partial charge in [-0.25, -0.2) is 14.2 Å². The van der Waals surface area contributed by atoms with Crippen molar-refractivity contribution in [1.29, 1.82) is 0 Å². The van der Waals surface area contributed by atoms with Crippen LogP contribution in [0, 0.1) is 12.7 Å². The number of amides is 1. The van der Waals surface area contributed by atoms with E-state index in [1.54, 1.807) is 17.0 Å². The van der Waals surface area contributed by atoms with Crippen LogP contribution in [0.5, 0.6) is 5.88 Å². The molecule has 1 aliphatic rings. The Balaban J connectivity index is 1.65. The zero-order valence-corrected chi connectivity index (χ0v) is 13.1. The number of hydrogen-bond acceptors (Lipinski definition) is 3. The van der Waals surface area contributed by atoms with Crippen LogP contribution in [-0.2, 0) is 13.1 Å². The number of aromatic nitrogens is 1. The van der Waals surface area contributed by atoms with Crippen molar-refractivity contribution < 1.29 is 13.9 Å². The molecule has 1 aliphatic heterocycles. The predicted octanol–water partition coefficient (Wildman–Crippen LogP) is 4.20. The Morgan fingerprint density at radius 3 is 2.75 bits per heavy atom. The molecular formula is C19H15FN2O2. The van der Waals surface area contributed by atoms with Gasteiger partial charge in [0.2, 0.25) is 5.88 Å². The van der Waals surface area contributed by atoms with Gasteiger partial charge in [0.25, 0.3) is 0 Å². The van der Waals surface area contributed by atoms with Crippen molar-refractivity contribution in [3.8, 4) is 5.88 Å². The van der Waals surface area contributed by atoms with Gasteiger partial charge in [-0.3, -0.25) is 4.90 Å². The molecule has 0 aliphatic carbocycles. The highest BCUT2D eigenvalue weighted by atomic mass is 19.1. The maximum absolute atomic E-state index is 13.0. The van der Waals surface area contributed by atoms with E-state index in [2.05, 4.69) is 11.1 Å². The maximum Gasteiger partial charge on any atom is 0.417 e. The molecule has 0 N–H and O–H groups in total. The monoisotopic (exact) mass is 322 g/mol. The Bertz CT molecular complexity index is 938. The average molecular weight is 322 g/mol. The molecule has 24 heavy (non-hydrogen) atoms. The van der Waals surface area contributed by atoms with Crippen molar-refractivity contribution in [1.82, 2.24) is 9.88 Å². The summed E-state index contributed by atoms with van der Waals surface area (Å²) in [4.78, 5) is 18.2. The van der Waals surface area contributed by atoms with Gasteiger partial charge in [0.05, 0.1) is 12.1 Å². The molecule has 0 bridgehead atoms. The topological polar surface area (TPSA) is 42.4 Å². The first kappa shape index (κ1) is 14.6. The van der Waals surface area contributed by atoms with Gasteiger partial charge in [0, 0.05) is 17.5 Å². The highest BCUT2D eigenvalue weighted by Gasteiger charge is 2.26. The summed E-state index contributed by atoms with van der Waals surface area (Å²) in [6.07, 6.45) is -0.439. The summed E-state index contributed by atoms with van der Waals surface area (Å²) in [6.45, 7) is 2.81. The number of nitrogens with zero attached hydrogens (tertiary/aromatic N) is 2. The molecule has 0 saturated carbocycles. The normalized spacial score (nSPS) is 13.8. The molecular weight excluding hydrogens is 307 g/mol. The second-order valence-electron chi connectivity index (χ2n) is 6.00. The molecule has 0 unspecified atom stereocenters. The lowest BCUT2D eigenvalue weighted by Gasteiger charge is -2.27. The fourth-order valence-corrected chi connectivity index (χ4v) is 2.87. The van der Waals surface area contributed by atoms with Gasteiger partial charge in [-0.15, -0.1) is 0 Å². The van der Waals surface area contributed by atoms with Crippen LogP contribution in [0.4, 0.5) is 9.18 Å². The van der Waals surface area contributed by atoms with Gasteiger partial charge < -0.3 is 4.74 Å². The molecule has 3 aromatic rings. The third-order valence-corrected chi connectivity index (χ3v) is 4.10. The van der Waals surface area contributed by atoms with Gasteiger partial charge in [-0.1, -0.05) is 23.8 Å². The van der Waals surface area contributed by atoms with Gasteiger partial charge >= 0.3 is 6.09 Å². The van der Waals surface area contributed by atoms with E-state index in [9.17, 15) is 9.18 Å².